The fourth-order valence-electron chi connectivity index (χ4n) is 2.10. The number of benzene rings is 2. The summed E-state index contributed by atoms with van der Waals surface area (Å²) in [4.78, 5) is 22.1. The van der Waals surface area contributed by atoms with Crippen molar-refractivity contribution < 1.29 is 24.5 Å². The van der Waals surface area contributed by atoms with E-state index in [0.29, 0.717) is 5.75 Å². The van der Waals surface area contributed by atoms with Gasteiger partial charge in [0.05, 0.1) is 11.1 Å². The maximum atomic E-state index is 11.1. The zero-order valence-corrected chi connectivity index (χ0v) is 12.1. The van der Waals surface area contributed by atoms with E-state index in [-0.39, 0.29) is 16.9 Å². The lowest BCUT2D eigenvalue weighted by atomic mass is 10.1. The Labute approximate surface area is 127 Å². The van der Waals surface area contributed by atoms with Gasteiger partial charge in [0, 0.05) is 0 Å². The summed E-state index contributed by atoms with van der Waals surface area (Å²) in [7, 11) is 0. The predicted octanol–water partition coefficient (Wildman–Crippen LogP) is 3.83. The van der Waals surface area contributed by atoms with E-state index >= 15 is 0 Å². The van der Waals surface area contributed by atoms with Gasteiger partial charge in [-0.15, -0.1) is 0 Å². The lowest BCUT2D eigenvalue weighted by Crippen LogP contribution is -2.07. The van der Waals surface area contributed by atoms with Crippen LogP contribution in [-0.4, -0.2) is 22.2 Å². The van der Waals surface area contributed by atoms with Crippen molar-refractivity contribution in [1.82, 2.24) is 0 Å². The Morgan fingerprint density at radius 1 is 0.909 bits per heavy atom. The van der Waals surface area contributed by atoms with Crippen LogP contribution in [0.4, 0.5) is 0 Å². The number of carboxylic acids is 2. The molecule has 2 N–H and O–H groups in total. The van der Waals surface area contributed by atoms with Gasteiger partial charge in [0.2, 0.25) is 0 Å². The lowest BCUT2D eigenvalue weighted by molar-refractivity contribution is 0.0651. The summed E-state index contributed by atoms with van der Waals surface area (Å²) in [6.07, 6.45) is 2.04. The third-order valence-electron chi connectivity index (χ3n) is 3.15. The number of ether oxygens (including phenoxy) is 1. The summed E-state index contributed by atoms with van der Waals surface area (Å²) in [5.74, 6) is -1.74. The van der Waals surface area contributed by atoms with Gasteiger partial charge in [-0.3, -0.25) is 0 Å². The molecule has 0 atom stereocenters. The fraction of sp³-hybridized carbons (Fsp3) is 0.176. The van der Waals surface area contributed by atoms with Crippen molar-refractivity contribution in [3.05, 3.63) is 59.2 Å². The molecule has 0 spiro atoms. The molecule has 0 aliphatic rings. The van der Waals surface area contributed by atoms with Crippen LogP contribution in [-0.2, 0) is 6.42 Å². The Kier molecular flexibility index (Phi) is 4.78. The quantitative estimate of drug-likeness (QED) is 0.847. The SMILES string of the molecule is CCCc1ccc(Oc2ccc(C(=O)O)c(C(=O)O)c2)cc1. The van der Waals surface area contributed by atoms with Crippen LogP contribution < -0.4 is 4.74 Å². The van der Waals surface area contributed by atoms with Crippen molar-refractivity contribution in [2.45, 2.75) is 19.8 Å². The van der Waals surface area contributed by atoms with Crippen LogP contribution in [0, 0.1) is 0 Å². The summed E-state index contributed by atoms with van der Waals surface area (Å²) < 4.78 is 5.58. The summed E-state index contributed by atoms with van der Waals surface area (Å²) in [6, 6.07) is 11.4. The van der Waals surface area contributed by atoms with Gasteiger partial charge in [0.15, 0.2) is 0 Å². The van der Waals surface area contributed by atoms with Gasteiger partial charge in [-0.2, -0.15) is 0 Å². The maximum absolute atomic E-state index is 11.1. The van der Waals surface area contributed by atoms with E-state index in [2.05, 4.69) is 6.92 Å². The zero-order chi connectivity index (χ0) is 16.1. The lowest BCUT2D eigenvalue weighted by Gasteiger charge is -2.09. The van der Waals surface area contributed by atoms with Crippen molar-refractivity contribution in [3.8, 4) is 11.5 Å². The molecule has 114 valence electrons. The number of hydrogen-bond acceptors (Lipinski definition) is 3. The molecule has 0 aliphatic heterocycles. The van der Waals surface area contributed by atoms with Crippen LogP contribution in [0.25, 0.3) is 0 Å². The molecular weight excluding hydrogens is 284 g/mol. The second-order valence-corrected chi connectivity index (χ2v) is 4.81. The van der Waals surface area contributed by atoms with Crippen molar-refractivity contribution in [2.75, 3.05) is 0 Å². The smallest absolute Gasteiger partial charge is 0.336 e. The van der Waals surface area contributed by atoms with Gasteiger partial charge >= 0.3 is 11.9 Å². The minimum absolute atomic E-state index is 0.266. The van der Waals surface area contributed by atoms with Crippen LogP contribution in [0.2, 0.25) is 0 Å². The van der Waals surface area contributed by atoms with E-state index in [1.807, 2.05) is 12.1 Å². The van der Waals surface area contributed by atoms with E-state index in [0.717, 1.165) is 12.8 Å². The average molecular weight is 300 g/mol. The van der Waals surface area contributed by atoms with Gasteiger partial charge in [0.1, 0.15) is 11.5 Å². The Hall–Kier alpha value is -2.82. The highest BCUT2D eigenvalue weighted by molar-refractivity contribution is 6.02. The molecule has 0 aromatic heterocycles. The Bertz CT molecular complexity index is 689. The van der Waals surface area contributed by atoms with Gasteiger partial charge < -0.3 is 14.9 Å². The van der Waals surface area contributed by atoms with Crippen LogP contribution in [0.1, 0.15) is 39.6 Å². The molecule has 0 radical (unpaired) electrons. The van der Waals surface area contributed by atoms with E-state index in [4.69, 9.17) is 14.9 Å². The Morgan fingerprint density at radius 2 is 1.50 bits per heavy atom. The van der Waals surface area contributed by atoms with E-state index < -0.39 is 11.9 Å². The number of aromatic carboxylic acids is 2. The molecule has 2 aromatic carbocycles. The first-order valence-electron chi connectivity index (χ1n) is 6.88. The van der Waals surface area contributed by atoms with Gasteiger partial charge in [-0.05, 0) is 42.3 Å². The molecular formula is C17H16O5. The number of hydrogen-bond donors (Lipinski definition) is 2. The van der Waals surface area contributed by atoms with Crippen molar-refractivity contribution in [3.63, 3.8) is 0 Å². The van der Waals surface area contributed by atoms with Crippen molar-refractivity contribution >= 4 is 11.9 Å². The highest BCUT2D eigenvalue weighted by Crippen LogP contribution is 2.25. The standard InChI is InChI=1S/C17H16O5/c1-2-3-11-4-6-12(7-5-11)22-13-8-9-14(16(18)19)15(10-13)17(20)21/h4-10H,2-3H2,1H3,(H,18,19)(H,20,21). The third kappa shape index (κ3) is 3.63. The monoisotopic (exact) mass is 300 g/mol. The number of rotatable bonds is 6. The molecule has 0 fully saturated rings. The predicted molar refractivity (Wildman–Crippen MR) is 80.9 cm³/mol. The summed E-state index contributed by atoms with van der Waals surface area (Å²) in [5, 5.41) is 18.1. The summed E-state index contributed by atoms with van der Waals surface area (Å²) in [5.41, 5.74) is 0.632. The number of aryl methyl sites for hydroxylation is 1. The minimum atomic E-state index is -1.30. The molecule has 2 aromatic rings. The molecule has 22 heavy (non-hydrogen) atoms. The molecule has 0 unspecified atom stereocenters. The Balaban J connectivity index is 2.24. The highest BCUT2D eigenvalue weighted by Gasteiger charge is 2.17. The normalized spacial score (nSPS) is 10.2. The first-order valence-corrected chi connectivity index (χ1v) is 6.88. The molecule has 0 aliphatic carbocycles. The molecule has 0 bridgehead atoms. The molecule has 0 saturated heterocycles. The van der Waals surface area contributed by atoms with Crippen LogP contribution in [0.3, 0.4) is 0 Å². The van der Waals surface area contributed by atoms with E-state index in [9.17, 15) is 9.59 Å². The Morgan fingerprint density at radius 3 is 2.05 bits per heavy atom. The first-order chi connectivity index (χ1) is 10.5. The minimum Gasteiger partial charge on any atom is -0.478 e. The average Bonchev–Trinajstić information content (AvgIpc) is 2.49. The second-order valence-electron chi connectivity index (χ2n) is 4.81. The molecule has 5 nitrogen and oxygen atoms in total. The first kappa shape index (κ1) is 15.6. The molecule has 5 heteroatoms. The largest absolute Gasteiger partial charge is 0.478 e. The number of carboxylic acid groups (broad SMARTS) is 2. The van der Waals surface area contributed by atoms with Crippen LogP contribution in [0.15, 0.2) is 42.5 Å². The highest BCUT2D eigenvalue weighted by atomic mass is 16.5. The van der Waals surface area contributed by atoms with Crippen molar-refractivity contribution in [2.24, 2.45) is 0 Å². The van der Waals surface area contributed by atoms with E-state index in [1.54, 1.807) is 12.1 Å². The van der Waals surface area contributed by atoms with Gasteiger partial charge in [-0.1, -0.05) is 25.5 Å². The third-order valence-corrected chi connectivity index (χ3v) is 3.15. The summed E-state index contributed by atoms with van der Waals surface area (Å²) in [6.45, 7) is 2.10. The van der Waals surface area contributed by atoms with Crippen molar-refractivity contribution in [1.29, 1.82) is 0 Å². The zero-order valence-electron chi connectivity index (χ0n) is 12.1. The fourth-order valence-corrected chi connectivity index (χ4v) is 2.10. The summed E-state index contributed by atoms with van der Waals surface area (Å²) >= 11 is 0. The van der Waals surface area contributed by atoms with Gasteiger partial charge in [0.25, 0.3) is 0 Å². The molecule has 0 heterocycles. The van der Waals surface area contributed by atoms with E-state index in [1.165, 1.54) is 23.8 Å². The van der Waals surface area contributed by atoms with Crippen LogP contribution >= 0.6 is 0 Å². The molecule has 0 saturated carbocycles. The number of carbonyl (C=O) groups is 2. The maximum Gasteiger partial charge on any atom is 0.336 e. The second kappa shape index (κ2) is 6.76. The molecule has 0 amide bonds. The van der Waals surface area contributed by atoms with Crippen LogP contribution in [0.5, 0.6) is 11.5 Å². The van der Waals surface area contributed by atoms with Gasteiger partial charge in [-0.25, -0.2) is 9.59 Å². The topological polar surface area (TPSA) is 83.8 Å². The molecule has 2 rings (SSSR count).